The van der Waals surface area contributed by atoms with Gasteiger partial charge >= 0.3 is 6.03 Å². The van der Waals surface area contributed by atoms with Crippen molar-refractivity contribution in [1.82, 2.24) is 10.2 Å². The van der Waals surface area contributed by atoms with Crippen LogP contribution in [0.4, 0.5) is 9.18 Å². The molecule has 0 bridgehead atoms. The van der Waals surface area contributed by atoms with Crippen LogP contribution in [0.2, 0.25) is 0 Å². The summed E-state index contributed by atoms with van der Waals surface area (Å²) < 4.78 is 24.5. The van der Waals surface area contributed by atoms with E-state index in [0.29, 0.717) is 23.7 Å². The van der Waals surface area contributed by atoms with Crippen LogP contribution in [0.5, 0.6) is 11.5 Å². The number of nitrogens with zero attached hydrogens (tertiary/aromatic N) is 1. The Morgan fingerprint density at radius 2 is 1.86 bits per heavy atom. The van der Waals surface area contributed by atoms with Gasteiger partial charge in [-0.15, -0.1) is 6.58 Å². The van der Waals surface area contributed by atoms with Crippen molar-refractivity contribution in [3.05, 3.63) is 77.8 Å². The van der Waals surface area contributed by atoms with E-state index in [4.69, 9.17) is 9.47 Å². The Labute approximate surface area is 168 Å². The molecule has 29 heavy (non-hydrogen) atoms. The Morgan fingerprint density at radius 1 is 1.10 bits per heavy atom. The van der Waals surface area contributed by atoms with Crippen LogP contribution in [-0.4, -0.2) is 30.0 Å². The molecule has 150 valence electrons. The third-order valence-corrected chi connectivity index (χ3v) is 4.16. The average Bonchev–Trinajstić information content (AvgIpc) is 2.97. The molecule has 0 radical (unpaired) electrons. The summed E-state index contributed by atoms with van der Waals surface area (Å²) in [6, 6.07) is 10.8. The molecule has 0 unspecified atom stereocenters. The van der Waals surface area contributed by atoms with E-state index in [-0.39, 0.29) is 24.7 Å². The highest BCUT2D eigenvalue weighted by Crippen LogP contribution is 2.30. The number of halogens is 1. The standard InChI is InChI=1S/C22H21FN2O4/c1-3-11-25-21(26)18(24-22(25)27)12-16-7-10-19(20(13-16)28-4-2)29-14-15-5-8-17(23)9-6-15/h3,5-10,12-13H,1,4,11,14H2,2H3,(H,24,27)/b18-12+. The van der Waals surface area contributed by atoms with E-state index in [1.54, 1.807) is 36.4 Å². The fraction of sp³-hybridized carbons (Fsp3) is 0.182. The number of benzene rings is 2. The van der Waals surface area contributed by atoms with Gasteiger partial charge in [-0.2, -0.15) is 0 Å². The molecule has 1 heterocycles. The van der Waals surface area contributed by atoms with Crippen LogP contribution in [0.25, 0.3) is 6.08 Å². The van der Waals surface area contributed by atoms with Crippen LogP contribution in [0.3, 0.4) is 0 Å². The number of imide groups is 1. The van der Waals surface area contributed by atoms with Crippen molar-refractivity contribution in [2.75, 3.05) is 13.2 Å². The quantitative estimate of drug-likeness (QED) is 0.418. The second-order valence-corrected chi connectivity index (χ2v) is 6.25. The van der Waals surface area contributed by atoms with E-state index in [9.17, 15) is 14.0 Å². The van der Waals surface area contributed by atoms with Crippen LogP contribution in [0, 0.1) is 5.82 Å². The van der Waals surface area contributed by atoms with E-state index in [1.165, 1.54) is 18.2 Å². The third kappa shape index (κ3) is 4.82. The Kier molecular flexibility index (Phi) is 6.29. The first kappa shape index (κ1) is 20.1. The number of amides is 3. The van der Waals surface area contributed by atoms with Crippen molar-refractivity contribution in [2.24, 2.45) is 0 Å². The van der Waals surface area contributed by atoms with Gasteiger partial charge < -0.3 is 14.8 Å². The Hall–Kier alpha value is -3.61. The zero-order valence-electron chi connectivity index (χ0n) is 16.0. The van der Waals surface area contributed by atoms with Crippen molar-refractivity contribution < 1.29 is 23.5 Å². The molecule has 0 saturated carbocycles. The SMILES string of the molecule is C=CCN1C(=O)N/C(=C/c2ccc(OCc3ccc(F)cc3)c(OCC)c2)C1=O. The molecule has 1 fully saturated rings. The Bertz CT molecular complexity index is 954. The number of rotatable bonds is 8. The number of ether oxygens (including phenoxy) is 2. The molecule has 3 rings (SSSR count). The lowest BCUT2D eigenvalue weighted by atomic mass is 10.1. The highest BCUT2D eigenvalue weighted by molar-refractivity contribution is 6.14. The summed E-state index contributed by atoms with van der Waals surface area (Å²) in [5, 5.41) is 2.55. The summed E-state index contributed by atoms with van der Waals surface area (Å²) in [7, 11) is 0. The minimum Gasteiger partial charge on any atom is -0.490 e. The molecule has 3 amide bonds. The average molecular weight is 396 g/mol. The molecule has 2 aromatic carbocycles. The molecule has 0 aromatic heterocycles. The molecule has 0 atom stereocenters. The summed E-state index contributed by atoms with van der Waals surface area (Å²) in [6.07, 6.45) is 3.07. The molecule has 0 aliphatic carbocycles. The van der Waals surface area contributed by atoms with Crippen molar-refractivity contribution in [2.45, 2.75) is 13.5 Å². The van der Waals surface area contributed by atoms with Crippen LogP contribution >= 0.6 is 0 Å². The van der Waals surface area contributed by atoms with Crippen molar-refractivity contribution in [1.29, 1.82) is 0 Å². The van der Waals surface area contributed by atoms with Gasteiger partial charge in [-0.1, -0.05) is 24.3 Å². The van der Waals surface area contributed by atoms with E-state index in [2.05, 4.69) is 11.9 Å². The van der Waals surface area contributed by atoms with Crippen LogP contribution < -0.4 is 14.8 Å². The second-order valence-electron chi connectivity index (χ2n) is 6.25. The first-order chi connectivity index (χ1) is 14.0. The topological polar surface area (TPSA) is 67.9 Å². The summed E-state index contributed by atoms with van der Waals surface area (Å²) in [4.78, 5) is 25.3. The zero-order chi connectivity index (χ0) is 20.8. The maximum atomic E-state index is 13.0. The maximum Gasteiger partial charge on any atom is 0.329 e. The van der Waals surface area contributed by atoms with E-state index >= 15 is 0 Å². The number of urea groups is 1. The fourth-order valence-corrected chi connectivity index (χ4v) is 2.78. The molecule has 1 saturated heterocycles. The Morgan fingerprint density at radius 3 is 2.55 bits per heavy atom. The van der Waals surface area contributed by atoms with Gasteiger partial charge in [-0.3, -0.25) is 9.69 Å². The summed E-state index contributed by atoms with van der Waals surface area (Å²) in [5.41, 5.74) is 1.67. The molecule has 6 nitrogen and oxygen atoms in total. The molecule has 1 aliphatic rings. The maximum absolute atomic E-state index is 13.0. The third-order valence-electron chi connectivity index (χ3n) is 4.16. The van der Waals surface area contributed by atoms with Gasteiger partial charge in [0.1, 0.15) is 18.1 Å². The highest BCUT2D eigenvalue weighted by atomic mass is 19.1. The highest BCUT2D eigenvalue weighted by Gasteiger charge is 2.32. The van der Waals surface area contributed by atoms with Crippen molar-refractivity contribution in [3.63, 3.8) is 0 Å². The molecule has 0 spiro atoms. The van der Waals surface area contributed by atoms with Crippen molar-refractivity contribution in [3.8, 4) is 11.5 Å². The van der Waals surface area contributed by atoms with Gasteiger partial charge in [0.15, 0.2) is 11.5 Å². The van der Waals surface area contributed by atoms with Gasteiger partial charge in [0.05, 0.1) is 6.61 Å². The lowest BCUT2D eigenvalue weighted by Gasteiger charge is -2.13. The minimum absolute atomic E-state index is 0.141. The molecular weight excluding hydrogens is 375 g/mol. The Balaban J connectivity index is 1.78. The molecule has 7 heteroatoms. The molecule has 1 aliphatic heterocycles. The van der Waals surface area contributed by atoms with E-state index in [1.807, 2.05) is 6.92 Å². The monoisotopic (exact) mass is 396 g/mol. The molecular formula is C22H21FN2O4. The summed E-state index contributed by atoms with van der Waals surface area (Å²) in [5.74, 6) is 0.308. The smallest absolute Gasteiger partial charge is 0.329 e. The molecule has 1 N–H and O–H groups in total. The number of carbonyl (C=O) groups is 2. The lowest BCUT2D eigenvalue weighted by molar-refractivity contribution is -0.122. The van der Waals surface area contributed by atoms with Crippen LogP contribution in [0.15, 0.2) is 60.8 Å². The zero-order valence-corrected chi connectivity index (χ0v) is 16.0. The van der Waals surface area contributed by atoms with E-state index < -0.39 is 11.9 Å². The predicted molar refractivity (Wildman–Crippen MR) is 107 cm³/mol. The second kappa shape index (κ2) is 9.05. The van der Waals surface area contributed by atoms with Gasteiger partial charge in [0.2, 0.25) is 0 Å². The van der Waals surface area contributed by atoms with Gasteiger partial charge in [-0.05, 0) is 48.4 Å². The molecule has 2 aromatic rings. The summed E-state index contributed by atoms with van der Waals surface area (Å²) >= 11 is 0. The van der Waals surface area contributed by atoms with Crippen LogP contribution in [0.1, 0.15) is 18.1 Å². The van der Waals surface area contributed by atoms with Gasteiger partial charge in [-0.25, -0.2) is 9.18 Å². The number of nitrogens with one attached hydrogen (secondary N) is 1. The van der Waals surface area contributed by atoms with Gasteiger partial charge in [0.25, 0.3) is 5.91 Å². The number of carbonyl (C=O) groups excluding carboxylic acids is 2. The minimum atomic E-state index is -0.481. The van der Waals surface area contributed by atoms with E-state index in [0.717, 1.165) is 10.5 Å². The normalized spacial score (nSPS) is 14.8. The number of hydrogen-bond donors (Lipinski definition) is 1. The first-order valence-electron chi connectivity index (χ1n) is 9.11. The first-order valence-corrected chi connectivity index (χ1v) is 9.11. The van der Waals surface area contributed by atoms with Crippen LogP contribution in [-0.2, 0) is 11.4 Å². The van der Waals surface area contributed by atoms with Crippen molar-refractivity contribution >= 4 is 18.0 Å². The number of hydrogen-bond acceptors (Lipinski definition) is 4. The predicted octanol–water partition coefficient (Wildman–Crippen LogP) is 3.88. The fourth-order valence-electron chi connectivity index (χ4n) is 2.78. The van der Waals surface area contributed by atoms with Gasteiger partial charge in [0, 0.05) is 6.54 Å². The summed E-state index contributed by atoms with van der Waals surface area (Å²) in [6.45, 7) is 6.22. The lowest BCUT2D eigenvalue weighted by Crippen LogP contribution is -2.30. The largest absolute Gasteiger partial charge is 0.490 e.